The molecule has 6 aliphatic carbocycles. The molecule has 44 heavy (non-hydrogen) atoms. The van der Waals surface area contributed by atoms with E-state index >= 15 is 4.79 Å². The van der Waals surface area contributed by atoms with Crippen LogP contribution < -0.4 is 5.32 Å². The van der Waals surface area contributed by atoms with Gasteiger partial charge in [-0.15, -0.1) is 0 Å². The van der Waals surface area contributed by atoms with E-state index in [9.17, 15) is 14.4 Å². The van der Waals surface area contributed by atoms with Gasteiger partial charge in [0.25, 0.3) is 0 Å². The molecule has 6 saturated carbocycles. The monoisotopic (exact) mass is 611 g/mol. The highest BCUT2D eigenvalue weighted by Gasteiger charge is 2.97. The summed E-state index contributed by atoms with van der Waals surface area (Å²) in [7, 11) is 3.23. The van der Waals surface area contributed by atoms with Crippen LogP contribution in [0, 0.1) is 51.2 Å². The second-order valence-corrected chi connectivity index (χ2v) is 16.6. The van der Waals surface area contributed by atoms with Crippen LogP contribution >= 0.6 is 0 Å². The summed E-state index contributed by atoms with van der Waals surface area (Å²) in [5.41, 5.74) is -3.30. The minimum atomic E-state index is -1.37. The number of fused-ring (bicyclic) bond motifs is 1. The normalized spacial score (nSPS) is 48.2. The van der Waals surface area contributed by atoms with Gasteiger partial charge in [0.05, 0.1) is 17.4 Å². The van der Waals surface area contributed by atoms with E-state index < -0.39 is 39.8 Å². The fourth-order valence-corrected chi connectivity index (χ4v) is 12.1. The molecule has 0 radical (unpaired) electrons. The van der Waals surface area contributed by atoms with Crippen molar-refractivity contribution in [2.75, 3.05) is 20.8 Å². The summed E-state index contributed by atoms with van der Waals surface area (Å²) in [6.07, 6.45) is 4.10. The minimum absolute atomic E-state index is 0.00658. The van der Waals surface area contributed by atoms with Crippen molar-refractivity contribution in [1.82, 2.24) is 5.32 Å². The Hall–Kier alpha value is -2.10. The van der Waals surface area contributed by atoms with Crippen LogP contribution in [0.15, 0.2) is 12.2 Å². The first kappa shape index (κ1) is 30.5. The van der Waals surface area contributed by atoms with Gasteiger partial charge in [0.1, 0.15) is 22.9 Å². The maximum absolute atomic E-state index is 15.2. The Morgan fingerprint density at radius 1 is 1.00 bits per heavy atom. The molecular weight excluding hydrogens is 562 g/mol. The van der Waals surface area contributed by atoms with Crippen LogP contribution in [-0.4, -0.2) is 67.8 Å². The summed E-state index contributed by atoms with van der Waals surface area (Å²) in [6, 6.07) is -0.0790. The van der Waals surface area contributed by atoms with Crippen molar-refractivity contribution in [3.05, 3.63) is 12.2 Å². The van der Waals surface area contributed by atoms with Crippen molar-refractivity contribution in [1.29, 1.82) is 0 Å². The van der Waals surface area contributed by atoms with Crippen molar-refractivity contribution in [2.45, 2.75) is 110 Å². The fourth-order valence-electron chi connectivity index (χ4n) is 12.1. The number of rotatable bonds is 5. The Morgan fingerprint density at radius 2 is 1.68 bits per heavy atom. The number of hydrogen-bond acceptors (Lipinski definition) is 8. The zero-order valence-electron chi connectivity index (χ0n) is 27.4. The first-order valence-corrected chi connectivity index (χ1v) is 16.6. The van der Waals surface area contributed by atoms with Crippen molar-refractivity contribution < 1.29 is 38.1 Å². The maximum atomic E-state index is 15.2. The first-order valence-electron chi connectivity index (χ1n) is 16.6. The highest BCUT2D eigenvalue weighted by Crippen LogP contribution is 2.88. The highest BCUT2D eigenvalue weighted by atomic mass is 16.7. The van der Waals surface area contributed by atoms with Gasteiger partial charge in [-0.3, -0.25) is 14.4 Å². The number of hydrogen-bond donors (Lipinski definition) is 1. The Morgan fingerprint density at radius 3 is 2.30 bits per heavy atom. The number of amides is 1. The van der Waals surface area contributed by atoms with Crippen LogP contribution in [0.5, 0.6) is 0 Å². The van der Waals surface area contributed by atoms with E-state index in [2.05, 4.69) is 25.7 Å². The maximum Gasteiger partial charge on any atom is 0.407 e. The lowest BCUT2D eigenvalue weighted by Crippen LogP contribution is -2.95. The number of methoxy groups -OCH3 is 2. The lowest BCUT2D eigenvalue weighted by atomic mass is 9.18. The summed E-state index contributed by atoms with van der Waals surface area (Å²) in [5.74, 6) is -2.42. The Kier molecular flexibility index (Phi) is 6.42. The summed E-state index contributed by atoms with van der Waals surface area (Å²) in [5, 5.41) is 2.95. The van der Waals surface area contributed by atoms with E-state index in [0.29, 0.717) is 38.5 Å². The van der Waals surface area contributed by atoms with Crippen molar-refractivity contribution >= 4 is 23.4 Å². The first-order chi connectivity index (χ1) is 20.6. The third-order valence-corrected chi connectivity index (χ3v) is 13.4. The Bertz CT molecular complexity index is 1340. The molecule has 1 N–H and O–H groups in total. The predicted octanol–water partition coefficient (Wildman–Crippen LogP) is 4.80. The molecular formula is C35H49NO8. The van der Waals surface area contributed by atoms with E-state index in [0.717, 1.165) is 18.4 Å². The van der Waals surface area contributed by atoms with E-state index in [1.165, 1.54) is 0 Å². The van der Waals surface area contributed by atoms with E-state index in [-0.39, 0.29) is 65.0 Å². The number of carbonyl (C=O) groups excluding carboxylic acids is 4. The molecule has 8 rings (SSSR count). The van der Waals surface area contributed by atoms with Gasteiger partial charge in [0, 0.05) is 44.4 Å². The molecule has 242 valence electrons. The van der Waals surface area contributed by atoms with Gasteiger partial charge < -0.3 is 24.3 Å². The second-order valence-electron chi connectivity index (χ2n) is 16.6. The molecule has 1 amide bonds. The van der Waals surface area contributed by atoms with Gasteiger partial charge >= 0.3 is 6.09 Å². The third kappa shape index (κ3) is 3.22. The van der Waals surface area contributed by atoms with Crippen molar-refractivity contribution in [3.63, 3.8) is 0 Å². The topological polar surface area (TPSA) is 117 Å². The van der Waals surface area contributed by atoms with E-state index in [1.54, 1.807) is 14.2 Å². The fraction of sp³-hybridized carbons (Fsp3) is 0.829. The molecule has 8 fully saturated rings. The zero-order valence-corrected chi connectivity index (χ0v) is 27.4. The lowest BCUT2D eigenvalue weighted by molar-refractivity contribution is -0.467. The van der Waals surface area contributed by atoms with Crippen LogP contribution in [0.1, 0.15) is 86.0 Å². The zero-order chi connectivity index (χ0) is 31.8. The lowest BCUT2D eigenvalue weighted by Gasteiger charge is -2.85. The largest absolute Gasteiger partial charge is 0.444 e. The van der Waals surface area contributed by atoms with Gasteiger partial charge in [-0.25, -0.2) is 4.79 Å². The molecule has 8 aliphatic rings. The number of nitrogens with one attached hydrogen (secondary N) is 1. The van der Waals surface area contributed by atoms with Gasteiger partial charge in [0.2, 0.25) is 5.79 Å². The second kappa shape index (κ2) is 9.25. The van der Waals surface area contributed by atoms with Crippen LogP contribution in [0.2, 0.25) is 0 Å². The van der Waals surface area contributed by atoms with Gasteiger partial charge in [0.15, 0.2) is 11.6 Å². The highest BCUT2D eigenvalue weighted by molar-refractivity contribution is 6.21. The van der Waals surface area contributed by atoms with Crippen LogP contribution in [-0.2, 0) is 33.3 Å². The molecule has 0 aromatic heterocycles. The number of ether oxygens (including phenoxy) is 4. The molecule has 9 nitrogen and oxygen atoms in total. The van der Waals surface area contributed by atoms with Crippen molar-refractivity contribution in [3.8, 4) is 0 Å². The molecule has 0 aromatic carbocycles. The number of alkyl carbamates (subject to hydrolysis) is 1. The number of allylic oxidation sites excluding steroid dienone is 1. The van der Waals surface area contributed by atoms with Gasteiger partial charge in [-0.1, -0.05) is 26.0 Å². The molecule has 9 unspecified atom stereocenters. The predicted molar refractivity (Wildman–Crippen MR) is 159 cm³/mol. The average molecular weight is 612 g/mol. The van der Waals surface area contributed by atoms with Gasteiger partial charge in [-0.2, -0.15) is 0 Å². The Balaban J connectivity index is 1.22. The molecule has 2 heterocycles. The molecule has 9 heteroatoms. The molecule has 0 aromatic rings. The average Bonchev–Trinajstić information content (AvgIpc) is 2.97. The standard InChI is InChI=1S/C35H49NO8/c1-18-21-13-14-22-32-17-43-35(42-8,27(41-7)25(32)31(5,6)16-15-23(32)37)34(22)24(21)33(18,28(34)39)26(38)19-9-11-20(12-10-19)36-29(40)44-30(2,3)4/h19-22,24-25,27H,1,9-17H2,2-8H3,(H,36,40). The smallest absolute Gasteiger partial charge is 0.407 e. The molecule has 2 bridgehead atoms. The van der Waals surface area contributed by atoms with Crippen LogP contribution in [0.3, 0.4) is 0 Å². The molecule has 2 aliphatic heterocycles. The SMILES string of the molecule is C=C1C2CCC3C45COC(OC)(C(OC)C4C(C)(C)CCC5=O)C34C(=O)C1(C(=O)C1CCC(NC(=O)OC(C)(C)C)CC1)C24. The summed E-state index contributed by atoms with van der Waals surface area (Å²) < 4.78 is 24.8. The third-order valence-electron chi connectivity index (χ3n) is 13.4. The van der Waals surface area contributed by atoms with Crippen LogP contribution in [0.4, 0.5) is 4.79 Å². The quantitative estimate of drug-likeness (QED) is 0.348. The summed E-state index contributed by atoms with van der Waals surface area (Å²) in [4.78, 5) is 56.4. The van der Waals surface area contributed by atoms with E-state index in [4.69, 9.17) is 18.9 Å². The number of carbonyl (C=O) groups is 4. The number of Topliss-reactive ketones (excluding diaryl/α,β-unsaturated/α-hetero) is 3. The summed E-state index contributed by atoms with van der Waals surface area (Å²) >= 11 is 0. The van der Waals surface area contributed by atoms with Crippen LogP contribution in [0.25, 0.3) is 0 Å². The molecule has 2 saturated heterocycles. The van der Waals surface area contributed by atoms with E-state index in [1.807, 2.05) is 20.8 Å². The summed E-state index contributed by atoms with van der Waals surface area (Å²) in [6.45, 7) is 14.5. The molecule has 2 spiro atoms. The van der Waals surface area contributed by atoms with Gasteiger partial charge in [-0.05, 0) is 83.0 Å². The molecule has 9 atom stereocenters. The van der Waals surface area contributed by atoms with Crippen molar-refractivity contribution in [2.24, 2.45) is 51.2 Å². The number of ketones is 3. The Labute approximate surface area is 260 Å². The minimum Gasteiger partial charge on any atom is -0.444 e.